The largest absolute Gasteiger partial charge is 0.481 e. The van der Waals surface area contributed by atoms with E-state index in [4.69, 9.17) is 5.11 Å². The van der Waals surface area contributed by atoms with Crippen LogP contribution in [0.3, 0.4) is 0 Å². The minimum absolute atomic E-state index is 0.0846. The SMILES string of the molecule is C[C@]12CC[C@H]3[C@@H](C(O)CC4CCCC[C@@]43C)[C@@H]1CC[C@@H]2[C@H](CO)CCC(=O)O. The summed E-state index contributed by atoms with van der Waals surface area (Å²) < 4.78 is 0. The van der Waals surface area contributed by atoms with Crippen LogP contribution in [0.15, 0.2) is 0 Å². The molecule has 3 N–H and O–H groups in total. The minimum Gasteiger partial charge on any atom is -0.481 e. The number of aliphatic hydroxyl groups is 2. The van der Waals surface area contributed by atoms with Crippen LogP contribution in [-0.2, 0) is 4.79 Å². The zero-order valence-corrected chi connectivity index (χ0v) is 17.8. The Hall–Kier alpha value is -0.610. The predicted octanol–water partition coefficient (Wildman–Crippen LogP) is 4.48. The molecule has 28 heavy (non-hydrogen) atoms. The molecule has 0 saturated heterocycles. The molecule has 0 heterocycles. The Morgan fingerprint density at radius 3 is 2.50 bits per heavy atom. The highest BCUT2D eigenvalue weighted by atomic mass is 16.4. The van der Waals surface area contributed by atoms with Crippen LogP contribution in [0.1, 0.15) is 84.5 Å². The van der Waals surface area contributed by atoms with Crippen molar-refractivity contribution >= 4 is 5.97 Å². The Morgan fingerprint density at radius 1 is 1.04 bits per heavy atom. The van der Waals surface area contributed by atoms with Crippen LogP contribution in [0.5, 0.6) is 0 Å². The van der Waals surface area contributed by atoms with Crippen molar-refractivity contribution in [1.82, 2.24) is 0 Å². The predicted molar refractivity (Wildman–Crippen MR) is 109 cm³/mol. The van der Waals surface area contributed by atoms with Crippen LogP contribution in [0.25, 0.3) is 0 Å². The Morgan fingerprint density at radius 2 is 1.79 bits per heavy atom. The lowest BCUT2D eigenvalue weighted by Crippen LogP contribution is -2.57. The zero-order valence-electron chi connectivity index (χ0n) is 17.8. The van der Waals surface area contributed by atoms with Crippen molar-refractivity contribution in [2.45, 2.75) is 90.6 Å². The second-order valence-electron chi connectivity index (χ2n) is 11.1. The maximum atomic E-state index is 11.3. The number of carboxylic acid groups (broad SMARTS) is 1. The molecule has 4 aliphatic carbocycles. The maximum absolute atomic E-state index is 11.3. The van der Waals surface area contributed by atoms with Gasteiger partial charge in [-0.25, -0.2) is 0 Å². The van der Waals surface area contributed by atoms with Gasteiger partial charge < -0.3 is 15.3 Å². The monoisotopic (exact) mass is 392 g/mol. The molecular formula is C24H40O4. The first-order valence-corrected chi connectivity index (χ1v) is 11.8. The number of carboxylic acids is 1. The molecule has 4 nitrogen and oxygen atoms in total. The van der Waals surface area contributed by atoms with Crippen LogP contribution in [0, 0.1) is 46.3 Å². The lowest BCUT2D eigenvalue weighted by Gasteiger charge is -2.62. The molecule has 0 amide bonds. The van der Waals surface area contributed by atoms with E-state index in [2.05, 4.69) is 13.8 Å². The zero-order chi connectivity index (χ0) is 20.1. The van der Waals surface area contributed by atoms with Crippen LogP contribution in [-0.4, -0.2) is 34.0 Å². The molecular weight excluding hydrogens is 352 g/mol. The smallest absolute Gasteiger partial charge is 0.303 e. The third-order valence-corrected chi connectivity index (χ3v) is 10.2. The summed E-state index contributed by atoms with van der Waals surface area (Å²) in [5.74, 6) is 1.99. The number of aliphatic carboxylic acids is 1. The fraction of sp³-hybridized carbons (Fsp3) is 0.958. The van der Waals surface area contributed by atoms with Gasteiger partial charge in [0, 0.05) is 13.0 Å². The normalized spacial score (nSPS) is 49.0. The van der Waals surface area contributed by atoms with Crippen molar-refractivity contribution in [3.8, 4) is 0 Å². The van der Waals surface area contributed by atoms with Gasteiger partial charge in [0.15, 0.2) is 0 Å². The van der Waals surface area contributed by atoms with Crippen molar-refractivity contribution in [2.75, 3.05) is 6.61 Å². The number of aliphatic hydroxyl groups excluding tert-OH is 2. The van der Waals surface area contributed by atoms with E-state index in [9.17, 15) is 15.0 Å². The molecule has 4 rings (SSSR count). The lowest BCUT2D eigenvalue weighted by molar-refractivity contribution is -0.165. The Balaban J connectivity index is 1.57. The molecule has 4 saturated carbocycles. The second-order valence-corrected chi connectivity index (χ2v) is 11.1. The number of rotatable bonds is 5. The van der Waals surface area contributed by atoms with E-state index in [1.54, 1.807) is 0 Å². The summed E-state index contributed by atoms with van der Waals surface area (Å²) in [5, 5.41) is 30.4. The van der Waals surface area contributed by atoms with E-state index in [-0.39, 0.29) is 30.5 Å². The summed E-state index contributed by atoms with van der Waals surface area (Å²) in [4.78, 5) is 11.1. The van der Waals surface area contributed by atoms with Gasteiger partial charge in [-0.15, -0.1) is 0 Å². The van der Waals surface area contributed by atoms with Gasteiger partial charge >= 0.3 is 5.97 Å². The van der Waals surface area contributed by atoms with E-state index in [0.717, 1.165) is 19.3 Å². The highest BCUT2D eigenvalue weighted by Gasteiger charge is 2.62. The summed E-state index contributed by atoms with van der Waals surface area (Å²) in [7, 11) is 0. The van der Waals surface area contributed by atoms with Crippen LogP contribution < -0.4 is 0 Å². The summed E-state index contributed by atoms with van der Waals surface area (Å²) in [6.45, 7) is 5.02. The van der Waals surface area contributed by atoms with Crippen molar-refractivity contribution in [3.63, 3.8) is 0 Å². The number of carbonyl (C=O) groups is 1. The van der Waals surface area contributed by atoms with Crippen molar-refractivity contribution in [2.24, 2.45) is 46.3 Å². The number of hydrogen-bond acceptors (Lipinski definition) is 3. The number of hydrogen-bond donors (Lipinski definition) is 3. The Kier molecular flexibility index (Phi) is 5.59. The van der Waals surface area contributed by atoms with Gasteiger partial charge in [0.25, 0.3) is 0 Å². The van der Waals surface area contributed by atoms with Crippen molar-refractivity contribution in [3.05, 3.63) is 0 Å². The van der Waals surface area contributed by atoms with Gasteiger partial charge in [-0.2, -0.15) is 0 Å². The van der Waals surface area contributed by atoms with Crippen molar-refractivity contribution < 1.29 is 20.1 Å². The highest BCUT2D eigenvalue weighted by molar-refractivity contribution is 5.66. The molecule has 0 aromatic carbocycles. The summed E-state index contributed by atoms with van der Waals surface area (Å²) in [6.07, 6.45) is 11.5. The molecule has 160 valence electrons. The quantitative estimate of drug-likeness (QED) is 0.645. The van der Waals surface area contributed by atoms with E-state index in [1.165, 1.54) is 38.5 Å². The number of fused-ring (bicyclic) bond motifs is 5. The van der Waals surface area contributed by atoms with Crippen LogP contribution in [0.2, 0.25) is 0 Å². The van der Waals surface area contributed by atoms with E-state index in [1.807, 2.05) is 0 Å². The molecule has 4 heteroatoms. The summed E-state index contributed by atoms with van der Waals surface area (Å²) >= 11 is 0. The van der Waals surface area contributed by atoms with Crippen LogP contribution in [0.4, 0.5) is 0 Å². The topological polar surface area (TPSA) is 77.8 Å². The van der Waals surface area contributed by atoms with Gasteiger partial charge in [-0.05, 0) is 97.7 Å². The molecule has 0 aliphatic heterocycles. The molecule has 0 aromatic heterocycles. The second kappa shape index (κ2) is 7.58. The van der Waals surface area contributed by atoms with E-state index < -0.39 is 5.97 Å². The molecule has 9 atom stereocenters. The molecule has 0 radical (unpaired) electrons. The molecule has 4 fully saturated rings. The van der Waals surface area contributed by atoms with Gasteiger partial charge in [0.05, 0.1) is 6.10 Å². The fourth-order valence-electron chi connectivity index (χ4n) is 8.80. The van der Waals surface area contributed by atoms with Crippen molar-refractivity contribution in [1.29, 1.82) is 0 Å². The molecule has 4 aliphatic rings. The fourth-order valence-corrected chi connectivity index (χ4v) is 8.80. The third-order valence-electron chi connectivity index (χ3n) is 10.2. The molecule has 0 spiro atoms. The molecule has 0 aromatic rings. The molecule has 2 unspecified atom stereocenters. The Labute approximate surface area is 170 Å². The maximum Gasteiger partial charge on any atom is 0.303 e. The first-order valence-electron chi connectivity index (χ1n) is 11.8. The first-order chi connectivity index (χ1) is 13.3. The standard InChI is InChI=1S/C24H40O4/c1-23-11-4-3-5-16(23)13-20(26)22-18-8-7-17(15(14-25)6-9-21(27)28)24(18,2)12-10-19(22)23/h15-20,22,25-26H,3-14H2,1-2H3,(H,27,28)/t15-,16?,17+,18-,19-,20?,22-,23-,24+/m0/s1. The van der Waals surface area contributed by atoms with Gasteiger partial charge in [0.1, 0.15) is 0 Å². The summed E-state index contributed by atoms with van der Waals surface area (Å²) in [5.41, 5.74) is 0.549. The molecule has 0 bridgehead atoms. The van der Waals surface area contributed by atoms with Gasteiger partial charge in [0.2, 0.25) is 0 Å². The first kappa shape index (κ1) is 20.7. The summed E-state index contributed by atoms with van der Waals surface area (Å²) in [6, 6.07) is 0. The van der Waals surface area contributed by atoms with Gasteiger partial charge in [-0.3, -0.25) is 4.79 Å². The van der Waals surface area contributed by atoms with E-state index >= 15 is 0 Å². The average Bonchev–Trinajstić information content (AvgIpc) is 3.00. The minimum atomic E-state index is -0.763. The average molecular weight is 393 g/mol. The van der Waals surface area contributed by atoms with Crippen LogP contribution >= 0.6 is 0 Å². The van der Waals surface area contributed by atoms with Gasteiger partial charge in [-0.1, -0.05) is 26.7 Å². The Bertz CT molecular complexity index is 591. The lowest BCUT2D eigenvalue weighted by atomic mass is 9.44. The van der Waals surface area contributed by atoms with E-state index in [0.29, 0.717) is 41.4 Å². The highest BCUT2D eigenvalue weighted by Crippen LogP contribution is 2.68. The third kappa shape index (κ3) is 3.14.